The summed E-state index contributed by atoms with van der Waals surface area (Å²) in [4.78, 5) is 30.8. The van der Waals surface area contributed by atoms with Gasteiger partial charge in [-0.15, -0.1) is 0 Å². The van der Waals surface area contributed by atoms with Crippen molar-refractivity contribution in [3.05, 3.63) is 76.8 Å². The molecular weight excluding hydrogens is 448 g/mol. The van der Waals surface area contributed by atoms with Crippen LogP contribution in [0.25, 0.3) is 11.0 Å². The molecule has 0 saturated carbocycles. The highest BCUT2D eigenvalue weighted by molar-refractivity contribution is 6.16. The molecule has 3 heterocycles. The normalized spacial score (nSPS) is 19.1. The maximum atomic E-state index is 13.7. The Morgan fingerprint density at radius 1 is 1.11 bits per heavy atom. The number of carbonyl (C=O) groups excluding carboxylic acids is 2. The van der Waals surface area contributed by atoms with Crippen LogP contribution < -0.4 is 4.74 Å². The molecule has 0 spiro atoms. The van der Waals surface area contributed by atoms with Crippen molar-refractivity contribution in [2.45, 2.75) is 13.0 Å². The number of Topliss-reactive ketones (excluding diaryl/α,β-unsaturated/α-hetero) is 1. The molecule has 2 aromatic carbocycles. The fraction of sp³-hybridized carbons (Fsp3) is 0.333. The maximum Gasteiger partial charge on any atom is 0.290 e. The number of rotatable bonds is 7. The third-order valence-electron chi connectivity index (χ3n) is 6.64. The predicted octanol–water partition coefficient (Wildman–Crippen LogP) is 3.66. The molecule has 1 atom stereocenters. The number of hydrogen-bond donors (Lipinski definition) is 1. The van der Waals surface area contributed by atoms with E-state index in [1.807, 2.05) is 43.3 Å². The molecule has 0 radical (unpaired) electrons. The zero-order chi connectivity index (χ0) is 24.5. The number of amides is 1. The molecule has 5 rings (SSSR count). The van der Waals surface area contributed by atoms with Crippen LogP contribution in [0.5, 0.6) is 5.75 Å². The number of furan rings is 1. The molecule has 3 aromatic rings. The second-order valence-corrected chi connectivity index (χ2v) is 8.84. The van der Waals surface area contributed by atoms with Gasteiger partial charge in [0.25, 0.3) is 5.91 Å². The molecule has 1 saturated heterocycles. The smallest absolute Gasteiger partial charge is 0.290 e. The average molecular weight is 477 g/mol. The van der Waals surface area contributed by atoms with Gasteiger partial charge in [0.05, 0.1) is 31.9 Å². The number of para-hydroxylation sites is 1. The summed E-state index contributed by atoms with van der Waals surface area (Å²) in [5, 5.41) is 11.8. The molecule has 1 amide bonds. The molecule has 0 bridgehead atoms. The van der Waals surface area contributed by atoms with Crippen LogP contribution in [0.3, 0.4) is 0 Å². The summed E-state index contributed by atoms with van der Waals surface area (Å²) in [6.07, 6.45) is 0. The fourth-order valence-electron chi connectivity index (χ4n) is 4.81. The monoisotopic (exact) mass is 476 g/mol. The number of ether oxygens (including phenoxy) is 2. The van der Waals surface area contributed by atoms with E-state index in [1.54, 1.807) is 24.1 Å². The number of carbonyl (C=O) groups is 2. The largest absolute Gasteiger partial charge is 0.503 e. The zero-order valence-corrected chi connectivity index (χ0v) is 19.8. The van der Waals surface area contributed by atoms with Crippen molar-refractivity contribution in [2.75, 3.05) is 46.5 Å². The third-order valence-corrected chi connectivity index (χ3v) is 6.64. The van der Waals surface area contributed by atoms with Crippen molar-refractivity contribution in [3.63, 3.8) is 0 Å². The molecule has 2 aliphatic heterocycles. The van der Waals surface area contributed by atoms with Gasteiger partial charge in [-0.25, -0.2) is 0 Å². The third kappa shape index (κ3) is 4.31. The molecule has 2 aliphatic rings. The second-order valence-electron chi connectivity index (χ2n) is 8.84. The Hall–Kier alpha value is -3.62. The van der Waals surface area contributed by atoms with Gasteiger partial charge < -0.3 is 23.9 Å². The van der Waals surface area contributed by atoms with Crippen molar-refractivity contribution in [1.82, 2.24) is 9.80 Å². The molecule has 8 heteroatoms. The number of aryl methyl sites for hydroxylation is 1. The quantitative estimate of drug-likeness (QED) is 0.520. The molecule has 1 fully saturated rings. The highest BCUT2D eigenvalue weighted by Gasteiger charge is 2.45. The van der Waals surface area contributed by atoms with E-state index in [9.17, 15) is 14.7 Å². The van der Waals surface area contributed by atoms with Crippen LogP contribution in [-0.4, -0.2) is 73.1 Å². The van der Waals surface area contributed by atoms with Crippen molar-refractivity contribution < 1.29 is 28.6 Å². The van der Waals surface area contributed by atoms with Gasteiger partial charge in [0, 0.05) is 37.1 Å². The van der Waals surface area contributed by atoms with Gasteiger partial charge in [-0.05, 0) is 31.2 Å². The van der Waals surface area contributed by atoms with E-state index in [1.165, 1.54) is 0 Å². The topological polar surface area (TPSA) is 92.5 Å². The van der Waals surface area contributed by atoms with Gasteiger partial charge >= 0.3 is 0 Å². The van der Waals surface area contributed by atoms with Crippen LogP contribution in [0.1, 0.15) is 27.7 Å². The lowest BCUT2D eigenvalue weighted by molar-refractivity contribution is -0.129. The molecule has 8 nitrogen and oxygen atoms in total. The van der Waals surface area contributed by atoms with Gasteiger partial charge in [-0.2, -0.15) is 0 Å². The van der Waals surface area contributed by atoms with Gasteiger partial charge in [0.15, 0.2) is 11.5 Å². The van der Waals surface area contributed by atoms with Crippen molar-refractivity contribution in [3.8, 4) is 5.75 Å². The SMILES string of the molecule is COc1ccccc1C1C(C(=O)c2cc3cc(C)ccc3o2)=C(O)C(=O)N1CCN1CCOCC1. The fourth-order valence-corrected chi connectivity index (χ4v) is 4.81. The van der Waals surface area contributed by atoms with Crippen molar-refractivity contribution >= 4 is 22.7 Å². The number of benzene rings is 2. The lowest BCUT2D eigenvalue weighted by Crippen LogP contribution is -2.43. The van der Waals surface area contributed by atoms with E-state index in [4.69, 9.17) is 13.9 Å². The summed E-state index contributed by atoms with van der Waals surface area (Å²) in [7, 11) is 1.54. The van der Waals surface area contributed by atoms with Crippen LogP contribution in [0.4, 0.5) is 0 Å². The van der Waals surface area contributed by atoms with E-state index in [0.717, 1.165) is 24.0 Å². The van der Waals surface area contributed by atoms with E-state index in [2.05, 4.69) is 4.90 Å². The van der Waals surface area contributed by atoms with Crippen molar-refractivity contribution in [2.24, 2.45) is 0 Å². The number of nitrogens with zero attached hydrogens (tertiary/aromatic N) is 2. The Morgan fingerprint density at radius 2 is 1.89 bits per heavy atom. The summed E-state index contributed by atoms with van der Waals surface area (Å²) in [5.74, 6) is -1.04. The molecule has 1 aromatic heterocycles. The lowest BCUT2D eigenvalue weighted by atomic mass is 9.94. The Morgan fingerprint density at radius 3 is 2.66 bits per heavy atom. The Balaban J connectivity index is 1.54. The predicted molar refractivity (Wildman–Crippen MR) is 130 cm³/mol. The molecule has 182 valence electrons. The van der Waals surface area contributed by atoms with Gasteiger partial charge in [-0.3, -0.25) is 14.5 Å². The second kappa shape index (κ2) is 9.56. The minimum atomic E-state index is -0.804. The van der Waals surface area contributed by atoms with E-state index < -0.39 is 23.5 Å². The number of fused-ring (bicyclic) bond motifs is 1. The zero-order valence-electron chi connectivity index (χ0n) is 19.8. The summed E-state index contributed by atoms with van der Waals surface area (Å²) < 4.78 is 16.8. The van der Waals surface area contributed by atoms with Gasteiger partial charge in [0.2, 0.25) is 5.78 Å². The number of morpholine rings is 1. The van der Waals surface area contributed by atoms with Gasteiger partial charge in [-0.1, -0.05) is 29.8 Å². The number of ketones is 1. The first-order valence-corrected chi connectivity index (χ1v) is 11.7. The molecule has 35 heavy (non-hydrogen) atoms. The average Bonchev–Trinajstić information content (AvgIpc) is 3.41. The van der Waals surface area contributed by atoms with E-state index in [-0.39, 0.29) is 11.3 Å². The summed E-state index contributed by atoms with van der Waals surface area (Å²) in [6, 6.07) is 13.7. The van der Waals surface area contributed by atoms with Crippen LogP contribution in [0.15, 0.2) is 64.3 Å². The summed E-state index contributed by atoms with van der Waals surface area (Å²) in [6.45, 7) is 5.71. The van der Waals surface area contributed by atoms with E-state index >= 15 is 0 Å². The van der Waals surface area contributed by atoms with Crippen molar-refractivity contribution in [1.29, 1.82) is 0 Å². The minimum Gasteiger partial charge on any atom is -0.503 e. The molecule has 1 N–H and O–H groups in total. The van der Waals surface area contributed by atoms with Crippen LogP contribution in [0.2, 0.25) is 0 Å². The summed E-state index contributed by atoms with van der Waals surface area (Å²) in [5.41, 5.74) is 2.24. The van der Waals surface area contributed by atoms with Crippen LogP contribution >= 0.6 is 0 Å². The van der Waals surface area contributed by atoms with Gasteiger partial charge in [0.1, 0.15) is 11.3 Å². The maximum absolute atomic E-state index is 13.7. The summed E-state index contributed by atoms with van der Waals surface area (Å²) >= 11 is 0. The molecular formula is C27H28N2O6. The first-order chi connectivity index (χ1) is 17.0. The minimum absolute atomic E-state index is 0.00254. The Bertz CT molecular complexity index is 1300. The standard InChI is InChI=1S/C27H28N2O6/c1-17-7-8-20-18(15-17)16-22(35-20)25(30)23-24(19-5-3-4-6-21(19)33-2)29(27(32)26(23)31)10-9-28-11-13-34-14-12-28/h3-8,15-16,24,31H,9-14H2,1-2H3. The first kappa shape index (κ1) is 23.1. The van der Waals surface area contributed by atoms with Crippen LogP contribution in [-0.2, 0) is 9.53 Å². The highest BCUT2D eigenvalue weighted by Crippen LogP contribution is 2.42. The highest BCUT2D eigenvalue weighted by atomic mass is 16.5. The molecule has 0 aliphatic carbocycles. The number of methoxy groups -OCH3 is 1. The van der Waals surface area contributed by atoms with E-state index in [0.29, 0.717) is 43.2 Å². The lowest BCUT2D eigenvalue weighted by Gasteiger charge is -2.32. The number of aliphatic hydroxyl groups is 1. The molecule has 1 unspecified atom stereocenters. The van der Waals surface area contributed by atoms with Crippen LogP contribution in [0, 0.1) is 6.92 Å². The Kier molecular flexibility index (Phi) is 6.32. The number of hydrogen-bond acceptors (Lipinski definition) is 7. The Labute approximate surface area is 203 Å². The number of aliphatic hydroxyl groups excluding tert-OH is 1. The first-order valence-electron chi connectivity index (χ1n) is 11.7.